The van der Waals surface area contributed by atoms with Crippen LogP contribution in [-0.2, 0) is 25.2 Å². The van der Waals surface area contributed by atoms with Crippen molar-refractivity contribution in [3.05, 3.63) is 60.2 Å². The van der Waals surface area contributed by atoms with Crippen LogP contribution in [0.15, 0.2) is 54.6 Å². The second-order valence-corrected chi connectivity index (χ2v) is 11.5. The zero-order valence-corrected chi connectivity index (χ0v) is 20.0. The van der Waals surface area contributed by atoms with Crippen LogP contribution in [0.2, 0.25) is 0 Å². The van der Waals surface area contributed by atoms with Gasteiger partial charge in [-0.05, 0) is 33.3 Å². The summed E-state index contributed by atoms with van der Waals surface area (Å²) < 4.78 is 17.9. The molecule has 3 rings (SSSR count). The lowest BCUT2D eigenvalue weighted by Crippen LogP contribution is -2.52. The molecule has 2 fully saturated rings. The molecular weight excluding hydrogens is 431 g/mol. The zero-order chi connectivity index (χ0) is 22.3. The summed E-state index contributed by atoms with van der Waals surface area (Å²) >= 11 is 1.38. The maximum absolute atomic E-state index is 12.7. The van der Waals surface area contributed by atoms with Gasteiger partial charge >= 0.3 is 5.97 Å². The molecule has 0 radical (unpaired) electrons. The molecule has 2 aliphatic heterocycles. The van der Waals surface area contributed by atoms with E-state index in [0.29, 0.717) is 25.2 Å². The summed E-state index contributed by atoms with van der Waals surface area (Å²) in [5.41, 5.74) is 2.09. The Hall–Kier alpha value is -1.46. The van der Waals surface area contributed by atoms with E-state index in [0.717, 1.165) is 30.1 Å². The molecule has 31 heavy (non-hydrogen) atoms. The van der Waals surface area contributed by atoms with Gasteiger partial charge in [0.25, 0.3) is 0 Å². The average Bonchev–Trinajstić information content (AvgIpc) is 3.13. The van der Waals surface area contributed by atoms with Crippen molar-refractivity contribution in [1.29, 1.82) is 0 Å². The Morgan fingerprint density at radius 2 is 2.16 bits per heavy atom. The molecule has 1 aromatic carbocycles. The van der Waals surface area contributed by atoms with E-state index in [4.69, 9.17) is 14.2 Å². The van der Waals surface area contributed by atoms with Gasteiger partial charge in [-0.3, -0.25) is 4.79 Å². The number of rotatable bonds is 9. The smallest absolute Gasteiger partial charge is 0.330 e. The minimum atomic E-state index is -0.971. The number of methoxy groups -OCH3 is 1. The highest BCUT2D eigenvalue weighted by Crippen LogP contribution is 2.61. The molecule has 1 aromatic rings. The highest BCUT2D eigenvalue weighted by Gasteiger charge is 2.53. The number of carbonyl (C=O) groups is 2. The highest BCUT2D eigenvalue weighted by atomic mass is 32.2. The van der Waals surface area contributed by atoms with Gasteiger partial charge in [0.05, 0.1) is 12.3 Å². The topological polar surface area (TPSA) is 61.8 Å². The minimum absolute atomic E-state index is 0.0309. The number of benzene rings is 1. The maximum atomic E-state index is 12.7. The lowest BCUT2D eigenvalue weighted by atomic mass is 9.99. The van der Waals surface area contributed by atoms with Gasteiger partial charge in [0.1, 0.15) is 6.10 Å². The van der Waals surface area contributed by atoms with E-state index in [-0.39, 0.29) is 22.6 Å². The summed E-state index contributed by atoms with van der Waals surface area (Å²) in [6, 6.07) is 10.1. The highest BCUT2D eigenvalue weighted by molar-refractivity contribution is 8.27. The molecule has 2 heterocycles. The van der Waals surface area contributed by atoms with Gasteiger partial charge in [0.15, 0.2) is 5.79 Å². The van der Waals surface area contributed by atoms with Crippen LogP contribution >= 0.6 is 19.7 Å². The molecule has 4 unspecified atom stereocenters. The second kappa shape index (κ2) is 11.4. The van der Waals surface area contributed by atoms with Gasteiger partial charge in [-0.1, -0.05) is 53.7 Å². The Morgan fingerprint density at radius 3 is 2.87 bits per heavy atom. The molecular formula is C24H31O5PS. The number of carbonyl (C=O) groups excluding carboxylic acids is 2. The Morgan fingerprint density at radius 1 is 1.39 bits per heavy atom. The molecule has 5 nitrogen and oxygen atoms in total. The fourth-order valence-electron chi connectivity index (χ4n) is 4.02. The first-order valence-corrected chi connectivity index (χ1v) is 13.2. The summed E-state index contributed by atoms with van der Waals surface area (Å²) in [5, 5.41) is 0. The molecule has 168 valence electrons. The van der Waals surface area contributed by atoms with Gasteiger partial charge < -0.3 is 14.2 Å². The van der Waals surface area contributed by atoms with E-state index in [1.54, 1.807) is 13.2 Å². The van der Waals surface area contributed by atoms with Crippen molar-refractivity contribution in [2.75, 3.05) is 19.5 Å². The zero-order valence-electron chi connectivity index (χ0n) is 18.2. The van der Waals surface area contributed by atoms with Gasteiger partial charge in [0, 0.05) is 37.9 Å². The molecule has 0 aliphatic carbocycles. The average molecular weight is 463 g/mol. The third-order valence-corrected chi connectivity index (χ3v) is 10.3. The number of esters is 1. The van der Waals surface area contributed by atoms with Crippen LogP contribution in [0.25, 0.3) is 0 Å². The van der Waals surface area contributed by atoms with Crippen LogP contribution in [0.4, 0.5) is 4.79 Å². The summed E-state index contributed by atoms with van der Waals surface area (Å²) in [7, 11) is 0.661. The van der Waals surface area contributed by atoms with Crippen LogP contribution in [0.1, 0.15) is 38.2 Å². The van der Waals surface area contributed by atoms with Crippen molar-refractivity contribution in [1.82, 2.24) is 0 Å². The van der Waals surface area contributed by atoms with Crippen molar-refractivity contribution in [3.8, 4) is 0 Å². The summed E-state index contributed by atoms with van der Waals surface area (Å²) in [4.78, 5) is 25.4. The first kappa shape index (κ1) is 24.2. The third-order valence-electron chi connectivity index (χ3n) is 5.71. The number of ether oxygens (including phenoxy) is 3. The van der Waals surface area contributed by atoms with Gasteiger partial charge in [-0.15, -0.1) is 6.58 Å². The predicted octanol–water partition coefficient (Wildman–Crippen LogP) is 5.88. The lowest BCUT2D eigenvalue weighted by Gasteiger charge is -2.44. The number of thioether (sulfide) groups is 1. The maximum Gasteiger partial charge on any atom is 0.330 e. The summed E-state index contributed by atoms with van der Waals surface area (Å²) in [6.07, 6.45) is 6.52. The van der Waals surface area contributed by atoms with E-state index >= 15 is 0 Å². The molecule has 0 N–H and O–H groups in total. The monoisotopic (exact) mass is 462 g/mol. The summed E-state index contributed by atoms with van der Waals surface area (Å²) in [6.45, 7) is 6.07. The SMILES string of the molecule is C=CCC/C(C)=C\C(=O)OC1CCOC(OC)(C2CSC(=O)P2Cc2ccccc2)C1. The van der Waals surface area contributed by atoms with Crippen LogP contribution in [0.5, 0.6) is 0 Å². The van der Waals surface area contributed by atoms with Crippen LogP contribution in [0.3, 0.4) is 0 Å². The molecule has 0 amide bonds. The molecule has 0 aromatic heterocycles. The standard InChI is InChI=1S/C24H31O5PS/c1-4-5-9-18(2)14-22(25)29-20-12-13-28-24(15-20,27-3)21-17-31-23(26)30(21)16-19-10-7-6-8-11-19/h4,6-8,10-11,14,20-21H,1,5,9,12-13,15-17H2,2-3H3/b18-14-. The quantitative estimate of drug-likeness (QED) is 0.198. The predicted molar refractivity (Wildman–Crippen MR) is 127 cm³/mol. The van der Waals surface area contributed by atoms with E-state index in [2.05, 4.69) is 18.7 Å². The molecule has 0 saturated carbocycles. The molecule has 0 bridgehead atoms. The number of hydrogen-bond acceptors (Lipinski definition) is 6. The number of allylic oxidation sites excluding steroid dienone is 2. The fourth-order valence-corrected chi connectivity index (χ4v) is 8.95. The second-order valence-electron chi connectivity index (χ2n) is 7.94. The van der Waals surface area contributed by atoms with E-state index in [1.807, 2.05) is 31.2 Å². The number of hydrogen-bond donors (Lipinski definition) is 0. The van der Waals surface area contributed by atoms with E-state index in [1.165, 1.54) is 11.8 Å². The van der Waals surface area contributed by atoms with E-state index < -0.39 is 13.7 Å². The van der Waals surface area contributed by atoms with Gasteiger partial charge in [-0.2, -0.15) is 0 Å². The Kier molecular flexibility index (Phi) is 8.91. The Bertz CT molecular complexity index is 811. The third kappa shape index (κ3) is 6.29. The van der Waals surface area contributed by atoms with Gasteiger partial charge in [0.2, 0.25) is 4.86 Å². The fraction of sp³-hybridized carbons (Fsp3) is 0.500. The molecule has 7 heteroatoms. The first-order valence-electron chi connectivity index (χ1n) is 10.6. The van der Waals surface area contributed by atoms with Crippen molar-refractivity contribution in [2.45, 2.75) is 56.3 Å². The molecule has 4 atom stereocenters. The first-order chi connectivity index (χ1) is 15.0. The van der Waals surface area contributed by atoms with Crippen LogP contribution in [-0.4, -0.2) is 47.8 Å². The largest absolute Gasteiger partial charge is 0.459 e. The normalized spacial score (nSPS) is 29.0. The van der Waals surface area contributed by atoms with Crippen LogP contribution in [0, 0.1) is 0 Å². The molecule has 0 spiro atoms. The van der Waals surface area contributed by atoms with Crippen LogP contribution < -0.4 is 0 Å². The molecule has 2 saturated heterocycles. The van der Waals surface area contributed by atoms with Crippen molar-refractivity contribution in [3.63, 3.8) is 0 Å². The van der Waals surface area contributed by atoms with Crippen molar-refractivity contribution < 1.29 is 23.8 Å². The lowest BCUT2D eigenvalue weighted by molar-refractivity contribution is -0.258. The van der Waals surface area contributed by atoms with Gasteiger partial charge in [-0.25, -0.2) is 4.79 Å². The van der Waals surface area contributed by atoms with Crippen molar-refractivity contribution in [2.24, 2.45) is 0 Å². The minimum Gasteiger partial charge on any atom is -0.459 e. The van der Waals surface area contributed by atoms with E-state index in [9.17, 15) is 9.59 Å². The summed E-state index contributed by atoms with van der Waals surface area (Å²) in [5.74, 6) is -0.557. The Labute approximate surface area is 190 Å². The Balaban J connectivity index is 1.70. The van der Waals surface area contributed by atoms with Crippen molar-refractivity contribution >= 4 is 30.5 Å². The molecule has 2 aliphatic rings.